The Bertz CT molecular complexity index is 237. The van der Waals surface area contributed by atoms with Gasteiger partial charge in [0.25, 0.3) is 0 Å². The van der Waals surface area contributed by atoms with Crippen LogP contribution in [0.15, 0.2) is 12.2 Å². The summed E-state index contributed by atoms with van der Waals surface area (Å²) < 4.78 is 0. The Labute approximate surface area is 127 Å². The minimum absolute atomic E-state index is 0.00264. The van der Waals surface area contributed by atoms with Crippen molar-refractivity contribution in [2.24, 2.45) is 5.92 Å². The van der Waals surface area contributed by atoms with E-state index in [1.807, 2.05) is 54.8 Å². The number of ketones is 1. The van der Waals surface area contributed by atoms with E-state index in [1.54, 1.807) is 4.90 Å². The number of nitrogens with zero attached hydrogens (tertiary/aromatic N) is 1. The quantitative estimate of drug-likeness (QED) is 0.722. The van der Waals surface area contributed by atoms with Crippen LogP contribution in [0.2, 0.25) is 0 Å². The van der Waals surface area contributed by atoms with Crippen LogP contribution < -0.4 is 0 Å². The summed E-state index contributed by atoms with van der Waals surface area (Å²) in [6.07, 6.45) is 5.54. The molecule has 0 spiro atoms. The van der Waals surface area contributed by atoms with Gasteiger partial charge in [0.15, 0.2) is 0 Å². The summed E-state index contributed by atoms with van der Waals surface area (Å²) in [6, 6.07) is -0.415. The van der Waals surface area contributed by atoms with Crippen molar-refractivity contribution < 1.29 is 9.90 Å². The second-order valence-electron chi connectivity index (χ2n) is 4.59. The molecule has 0 saturated carbocycles. The van der Waals surface area contributed by atoms with E-state index < -0.39 is 12.1 Å². The van der Waals surface area contributed by atoms with E-state index >= 15 is 0 Å². The van der Waals surface area contributed by atoms with Gasteiger partial charge in [0, 0.05) is 5.92 Å². The number of hydrogen-bond acceptors (Lipinski definition) is 3. The molecule has 0 bridgehead atoms. The van der Waals surface area contributed by atoms with Gasteiger partial charge in [0.2, 0.25) is 0 Å². The highest BCUT2D eigenvalue weighted by Gasteiger charge is 2.28. The fourth-order valence-electron chi connectivity index (χ4n) is 1.79. The lowest BCUT2D eigenvalue weighted by molar-refractivity contribution is -0.125. The fraction of sp³-hybridized carbons (Fsp3) is 0.824. The highest BCUT2D eigenvalue weighted by molar-refractivity contribution is 5.82. The zero-order valence-corrected chi connectivity index (χ0v) is 15.1. The molecule has 3 nitrogen and oxygen atoms in total. The first-order chi connectivity index (χ1) is 9.41. The smallest absolute Gasteiger partial charge is 0.149 e. The summed E-state index contributed by atoms with van der Waals surface area (Å²) in [4.78, 5) is 13.2. The molecule has 0 amide bonds. The molecule has 0 fully saturated rings. The monoisotopic (exact) mass is 287 g/mol. The first kappa shape index (κ1) is 24.4. The molecule has 0 aromatic rings. The van der Waals surface area contributed by atoms with Crippen LogP contribution in [-0.4, -0.2) is 42.0 Å². The molecular weight excluding hydrogens is 250 g/mol. The first-order valence-corrected chi connectivity index (χ1v) is 7.93. The molecule has 0 aromatic heterocycles. The van der Waals surface area contributed by atoms with E-state index in [0.717, 1.165) is 12.8 Å². The van der Waals surface area contributed by atoms with Crippen molar-refractivity contribution in [3.63, 3.8) is 0 Å². The number of carbonyl (C=O) groups excluding carboxylic acids is 1. The van der Waals surface area contributed by atoms with Crippen LogP contribution in [0.25, 0.3) is 0 Å². The molecule has 20 heavy (non-hydrogen) atoms. The lowest BCUT2D eigenvalue weighted by atomic mass is 9.94. The number of likely N-dealkylation sites (N-methyl/N-ethyl adjacent to an activating group) is 1. The number of aliphatic hydroxyl groups is 1. The van der Waals surface area contributed by atoms with Crippen molar-refractivity contribution >= 4 is 5.78 Å². The molecule has 0 saturated heterocycles. The van der Waals surface area contributed by atoms with Gasteiger partial charge in [-0.3, -0.25) is 9.69 Å². The molecule has 122 valence electrons. The molecule has 0 aromatic carbocycles. The van der Waals surface area contributed by atoms with Crippen LogP contribution in [0.4, 0.5) is 0 Å². The van der Waals surface area contributed by atoms with Gasteiger partial charge in [0.1, 0.15) is 5.78 Å². The molecular formula is C17H37NO2. The lowest BCUT2D eigenvalue weighted by Crippen LogP contribution is -2.46. The Morgan fingerprint density at radius 1 is 1.20 bits per heavy atom. The number of unbranched alkanes of at least 4 members (excludes halogenated alkanes) is 1. The summed E-state index contributed by atoms with van der Waals surface area (Å²) in [5.74, 6) is 0.0103. The normalized spacial score (nSPS) is 14.8. The zero-order valence-electron chi connectivity index (χ0n) is 15.1. The second kappa shape index (κ2) is 16.4. The van der Waals surface area contributed by atoms with Crippen LogP contribution in [0.1, 0.15) is 61.3 Å². The van der Waals surface area contributed by atoms with Crippen molar-refractivity contribution in [3.05, 3.63) is 12.2 Å². The van der Waals surface area contributed by atoms with Crippen molar-refractivity contribution in [3.8, 4) is 0 Å². The minimum atomic E-state index is -0.638. The van der Waals surface area contributed by atoms with Crippen LogP contribution in [-0.2, 0) is 4.79 Å². The van der Waals surface area contributed by atoms with Crippen molar-refractivity contribution in [1.29, 1.82) is 0 Å². The van der Waals surface area contributed by atoms with Crippen LogP contribution >= 0.6 is 0 Å². The van der Waals surface area contributed by atoms with Crippen LogP contribution in [0, 0.1) is 5.92 Å². The molecule has 0 radical (unpaired) electrons. The third-order valence-corrected chi connectivity index (χ3v) is 2.73. The van der Waals surface area contributed by atoms with Gasteiger partial charge >= 0.3 is 0 Å². The number of Topliss-reactive ketones (excluding diaryl/α,β-unsaturated/α-hetero) is 1. The summed E-state index contributed by atoms with van der Waals surface area (Å²) in [6.45, 7) is 13.6. The maximum absolute atomic E-state index is 11.4. The summed E-state index contributed by atoms with van der Waals surface area (Å²) in [5, 5.41) is 10.1. The largest absolute Gasteiger partial charge is 0.390 e. The maximum atomic E-state index is 11.4. The number of allylic oxidation sites excluding steroid dienone is 1. The number of carbonyl (C=O) groups is 1. The Hall–Kier alpha value is -0.670. The van der Waals surface area contributed by atoms with E-state index in [1.165, 1.54) is 6.92 Å². The Kier molecular flexibility index (Phi) is 20.0. The molecule has 0 aliphatic heterocycles. The maximum Gasteiger partial charge on any atom is 0.149 e. The van der Waals surface area contributed by atoms with Gasteiger partial charge in [0.05, 0.1) is 12.1 Å². The summed E-state index contributed by atoms with van der Waals surface area (Å²) in [5.41, 5.74) is 0. The average molecular weight is 287 g/mol. The molecule has 0 heterocycles. The molecule has 1 N–H and O–H groups in total. The SMILES string of the molecule is CC.CC.CCC/C=C\[C@@H](C)[C@@H](O)[C@@H](C(C)=O)N(C)C. The molecule has 0 unspecified atom stereocenters. The van der Waals surface area contributed by atoms with Crippen LogP contribution in [0.5, 0.6) is 0 Å². The van der Waals surface area contributed by atoms with Gasteiger partial charge in [-0.15, -0.1) is 0 Å². The van der Waals surface area contributed by atoms with Crippen molar-refractivity contribution in [2.45, 2.75) is 73.5 Å². The zero-order chi connectivity index (χ0) is 16.7. The van der Waals surface area contributed by atoms with E-state index in [-0.39, 0.29) is 11.7 Å². The molecule has 3 heteroatoms. The number of hydrogen-bond donors (Lipinski definition) is 1. The van der Waals surface area contributed by atoms with Crippen molar-refractivity contribution in [1.82, 2.24) is 4.90 Å². The standard InChI is InChI=1S/C13H25NO2.2C2H6/c1-6-7-8-9-10(2)13(16)12(11(3)15)14(4)5;2*1-2/h8-10,12-13,16H,6-7H2,1-5H3;2*1-2H3/b9-8-;;/t10-,12-,13-;;/m1../s1. The fourth-order valence-corrected chi connectivity index (χ4v) is 1.79. The predicted octanol–water partition coefficient (Wildman–Crippen LogP) is 3.91. The molecule has 0 aliphatic carbocycles. The van der Waals surface area contributed by atoms with Gasteiger partial charge in [-0.2, -0.15) is 0 Å². The topological polar surface area (TPSA) is 40.5 Å². The highest BCUT2D eigenvalue weighted by Crippen LogP contribution is 2.14. The molecule has 3 atom stereocenters. The summed E-state index contributed by atoms with van der Waals surface area (Å²) >= 11 is 0. The van der Waals surface area contributed by atoms with Gasteiger partial charge in [-0.1, -0.05) is 60.1 Å². The second-order valence-corrected chi connectivity index (χ2v) is 4.59. The average Bonchev–Trinajstić information content (AvgIpc) is 2.42. The Balaban J connectivity index is -0.000000656. The lowest BCUT2D eigenvalue weighted by Gasteiger charge is -2.29. The van der Waals surface area contributed by atoms with E-state index in [9.17, 15) is 9.90 Å². The Morgan fingerprint density at radius 2 is 1.65 bits per heavy atom. The van der Waals surface area contributed by atoms with Crippen LogP contribution in [0.3, 0.4) is 0 Å². The van der Waals surface area contributed by atoms with E-state index in [4.69, 9.17) is 0 Å². The first-order valence-electron chi connectivity index (χ1n) is 7.93. The van der Waals surface area contributed by atoms with Crippen molar-refractivity contribution in [2.75, 3.05) is 14.1 Å². The van der Waals surface area contributed by atoms with Gasteiger partial charge < -0.3 is 5.11 Å². The predicted molar refractivity (Wildman–Crippen MR) is 90.1 cm³/mol. The molecule has 0 rings (SSSR count). The summed E-state index contributed by atoms with van der Waals surface area (Å²) in [7, 11) is 3.63. The minimum Gasteiger partial charge on any atom is -0.390 e. The third kappa shape index (κ3) is 11.2. The van der Waals surface area contributed by atoms with E-state index in [2.05, 4.69) is 13.0 Å². The van der Waals surface area contributed by atoms with E-state index in [0.29, 0.717) is 0 Å². The Morgan fingerprint density at radius 3 is 1.95 bits per heavy atom. The van der Waals surface area contributed by atoms with Gasteiger partial charge in [-0.05, 0) is 27.4 Å². The molecule has 0 aliphatic rings. The third-order valence-electron chi connectivity index (χ3n) is 2.73. The number of rotatable bonds is 7. The highest BCUT2D eigenvalue weighted by atomic mass is 16.3. The van der Waals surface area contributed by atoms with Gasteiger partial charge in [-0.25, -0.2) is 0 Å². The number of aliphatic hydroxyl groups excluding tert-OH is 1.